The van der Waals surface area contributed by atoms with Crippen LogP contribution < -0.4 is 5.32 Å². The summed E-state index contributed by atoms with van der Waals surface area (Å²) in [6, 6.07) is 4.23. The third-order valence-electron chi connectivity index (χ3n) is 3.18. The number of nitrogens with zero attached hydrogens (tertiary/aromatic N) is 1. The molecular weight excluding hydrogens is 283 g/mol. The maximum atomic E-state index is 13.6. The minimum atomic E-state index is -0.415. The van der Waals surface area contributed by atoms with Crippen molar-refractivity contribution in [2.45, 2.75) is 32.6 Å². The van der Waals surface area contributed by atoms with Crippen molar-refractivity contribution in [3.63, 3.8) is 0 Å². The molecule has 20 heavy (non-hydrogen) atoms. The lowest BCUT2D eigenvalue weighted by molar-refractivity contribution is -0.0545. The van der Waals surface area contributed by atoms with Crippen LogP contribution in [-0.2, 0) is 11.3 Å². The molecule has 0 radical (unpaired) electrons. The van der Waals surface area contributed by atoms with Crippen LogP contribution in [0.15, 0.2) is 18.2 Å². The van der Waals surface area contributed by atoms with Gasteiger partial charge in [-0.2, -0.15) is 0 Å². The minimum Gasteiger partial charge on any atom is -0.372 e. The summed E-state index contributed by atoms with van der Waals surface area (Å²) in [4.78, 5) is 13.8. The number of benzene rings is 1. The number of urea groups is 1. The molecule has 0 bridgehead atoms. The van der Waals surface area contributed by atoms with Gasteiger partial charge in [-0.15, -0.1) is 0 Å². The van der Waals surface area contributed by atoms with E-state index in [0.717, 1.165) is 0 Å². The van der Waals surface area contributed by atoms with Gasteiger partial charge in [0.25, 0.3) is 0 Å². The fraction of sp³-hybridized carbons (Fsp3) is 0.500. The first-order valence-electron chi connectivity index (χ1n) is 6.58. The Balaban J connectivity index is 1.95. The van der Waals surface area contributed by atoms with Crippen LogP contribution >= 0.6 is 11.6 Å². The topological polar surface area (TPSA) is 41.6 Å². The number of carbonyl (C=O) groups is 1. The van der Waals surface area contributed by atoms with Gasteiger partial charge in [-0.25, -0.2) is 9.18 Å². The molecule has 1 aliphatic heterocycles. The molecule has 1 aliphatic rings. The quantitative estimate of drug-likeness (QED) is 0.912. The zero-order valence-corrected chi connectivity index (χ0v) is 12.3. The van der Waals surface area contributed by atoms with Gasteiger partial charge in [-0.05, 0) is 26.0 Å². The maximum absolute atomic E-state index is 13.6. The number of halogens is 2. The molecule has 0 spiro atoms. The van der Waals surface area contributed by atoms with Crippen LogP contribution in [0.2, 0.25) is 5.02 Å². The molecule has 2 amide bonds. The lowest BCUT2D eigenvalue weighted by atomic mass is 10.2. The number of nitrogens with one attached hydrogen (secondary N) is 1. The van der Waals surface area contributed by atoms with Gasteiger partial charge in [0, 0.05) is 30.2 Å². The molecule has 6 heteroatoms. The average Bonchev–Trinajstić information content (AvgIpc) is 2.36. The molecule has 0 aliphatic carbocycles. The molecule has 2 rings (SSSR count). The Bertz CT molecular complexity index is 468. The number of hydrogen-bond acceptors (Lipinski definition) is 2. The molecule has 1 aromatic carbocycles. The van der Waals surface area contributed by atoms with Crippen LogP contribution in [-0.4, -0.2) is 36.2 Å². The SMILES string of the molecule is C[C@@H]1CN(C(=O)NCc2c(F)cccc2Cl)C[C@H](C)O1. The number of ether oxygens (including phenoxy) is 1. The average molecular weight is 301 g/mol. The first-order chi connectivity index (χ1) is 9.47. The summed E-state index contributed by atoms with van der Waals surface area (Å²) in [6.07, 6.45) is 0.00287. The number of hydrogen-bond donors (Lipinski definition) is 1. The first kappa shape index (κ1) is 15.1. The van der Waals surface area contributed by atoms with Gasteiger partial charge in [-0.1, -0.05) is 17.7 Å². The highest BCUT2D eigenvalue weighted by molar-refractivity contribution is 6.31. The van der Waals surface area contributed by atoms with Gasteiger partial charge in [0.15, 0.2) is 0 Å². The second-order valence-electron chi connectivity index (χ2n) is 5.02. The smallest absolute Gasteiger partial charge is 0.317 e. The molecule has 0 aromatic heterocycles. The van der Waals surface area contributed by atoms with Crippen LogP contribution in [0.3, 0.4) is 0 Å². The van der Waals surface area contributed by atoms with E-state index < -0.39 is 5.82 Å². The van der Waals surface area contributed by atoms with Crippen LogP contribution in [0.1, 0.15) is 19.4 Å². The van der Waals surface area contributed by atoms with Gasteiger partial charge >= 0.3 is 6.03 Å². The Hall–Kier alpha value is -1.33. The Kier molecular flexibility index (Phi) is 4.83. The maximum Gasteiger partial charge on any atom is 0.317 e. The van der Waals surface area contributed by atoms with Gasteiger partial charge in [0.2, 0.25) is 0 Å². The summed E-state index contributed by atoms with van der Waals surface area (Å²) in [6.45, 7) is 4.97. The summed E-state index contributed by atoms with van der Waals surface area (Å²) < 4.78 is 19.2. The third kappa shape index (κ3) is 3.61. The van der Waals surface area contributed by atoms with Gasteiger partial charge in [0.1, 0.15) is 5.82 Å². The van der Waals surface area contributed by atoms with E-state index in [1.165, 1.54) is 12.1 Å². The second-order valence-corrected chi connectivity index (χ2v) is 5.43. The normalized spacial score (nSPS) is 22.7. The molecule has 1 saturated heterocycles. The van der Waals surface area contributed by atoms with E-state index in [4.69, 9.17) is 16.3 Å². The van der Waals surface area contributed by atoms with Crippen molar-refractivity contribution in [2.75, 3.05) is 13.1 Å². The number of carbonyl (C=O) groups excluding carboxylic acids is 1. The van der Waals surface area contributed by atoms with Crippen molar-refractivity contribution in [1.82, 2.24) is 10.2 Å². The minimum absolute atomic E-state index is 0.00143. The van der Waals surface area contributed by atoms with Gasteiger partial charge < -0.3 is 15.0 Å². The van der Waals surface area contributed by atoms with E-state index in [1.54, 1.807) is 11.0 Å². The van der Waals surface area contributed by atoms with Crippen molar-refractivity contribution in [1.29, 1.82) is 0 Å². The Labute approximate surface area is 122 Å². The molecule has 0 unspecified atom stereocenters. The third-order valence-corrected chi connectivity index (χ3v) is 3.54. The molecule has 1 fully saturated rings. The van der Waals surface area contributed by atoms with Crippen LogP contribution in [0.5, 0.6) is 0 Å². The predicted molar refractivity (Wildman–Crippen MR) is 75.2 cm³/mol. The van der Waals surface area contributed by atoms with E-state index >= 15 is 0 Å². The lowest BCUT2D eigenvalue weighted by Crippen LogP contribution is -2.51. The molecular formula is C14H18ClFN2O2. The molecule has 0 saturated carbocycles. The Morgan fingerprint density at radius 2 is 2.10 bits per heavy atom. The fourth-order valence-electron chi connectivity index (χ4n) is 2.32. The summed E-state index contributed by atoms with van der Waals surface area (Å²) in [5.41, 5.74) is 0.303. The molecule has 4 nitrogen and oxygen atoms in total. The van der Waals surface area contributed by atoms with E-state index in [2.05, 4.69) is 5.32 Å². The fourth-order valence-corrected chi connectivity index (χ4v) is 2.55. The zero-order chi connectivity index (χ0) is 14.7. The van der Waals surface area contributed by atoms with E-state index in [-0.39, 0.29) is 24.8 Å². The monoisotopic (exact) mass is 300 g/mol. The Morgan fingerprint density at radius 1 is 1.45 bits per heavy atom. The number of amides is 2. The van der Waals surface area contributed by atoms with E-state index in [9.17, 15) is 9.18 Å². The second kappa shape index (κ2) is 6.41. The van der Waals surface area contributed by atoms with Crippen LogP contribution in [0, 0.1) is 5.82 Å². The van der Waals surface area contributed by atoms with Crippen molar-refractivity contribution in [3.8, 4) is 0 Å². The predicted octanol–water partition coefficient (Wildman–Crippen LogP) is 2.80. The molecule has 1 aromatic rings. The molecule has 2 atom stereocenters. The van der Waals surface area contributed by atoms with Crippen molar-refractivity contribution in [3.05, 3.63) is 34.6 Å². The van der Waals surface area contributed by atoms with Gasteiger partial charge in [-0.3, -0.25) is 0 Å². The summed E-state index contributed by atoms with van der Waals surface area (Å²) in [7, 11) is 0. The van der Waals surface area contributed by atoms with E-state index in [0.29, 0.717) is 23.7 Å². The number of rotatable bonds is 2. The van der Waals surface area contributed by atoms with Crippen LogP contribution in [0.25, 0.3) is 0 Å². The molecule has 1 heterocycles. The lowest BCUT2D eigenvalue weighted by Gasteiger charge is -2.35. The van der Waals surface area contributed by atoms with Crippen molar-refractivity contribution < 1.29 is 13.9 Å². The zero-order valence-electron chi connectivity index (χ0n) is 11.5. The Morgan fingerprint density at radius 3 is 2.70 bits per heavy atom. The van der Waals surface area contributed by atoms with E-state index in [1.807, 2.05) is 13.8 Å². The van der Waals surface area contributed by atoms with Gasteiger partial charge in [0.05, 0.1) is 12.2 Å². The largest absolute Gasteiger partial charge is 0.372 e. The highest BCUT2D eigenvalue weighted by Gasteiger charge is 2.25. The highest BCUT2D eigenvalue weighted by Crippen LogP contribution is 2.19. The first-order valence-corrected chi connectivity index (χ1v) is 6.96. The number of morpholine rings is 1. The summed E-state index contributed by atoms with van der Waals surface area (Å²) in [5.74, 6) is -0.415. The summed E-state index contributed by atoms with van der Waals surface area (Å²) in [5, 5.41) is 3.01. The molecule has 110 valence electrons. The van der Waals surface area contributed by atoms with Crippen molar-refractivity contribution in [2.24, 2.45) is 0 Å². The standard InChI is InChI=1S/C14H18ClFN2O2/c1-9-7-18(8-10(2)20-9)14(19)17-6-11-12(15)4-3-5-13(11)16/h3-5,9-10H,6-8H2,1-2H3,(H,17,19)/t9-,10+. The van der Waals surface area contributed by atoms with Crippen LogP contribution in [0.4, 0.5) is 9.18 Å². The molecule has 1 N–H and O–H groups in total. The van der Waals surface area contributed by atoms with Crippen molar-refractivity contribution >= 4 is 17.6 Å². The summed E-state index contributed by atoms with van der Waals surface area (Å²) >= 11 is 5.92. The highest BCUT2D eigenvalue weighted by atomic mass is 35.5.